The molecule has 0 saturated heterocycles. The second-order valence-corrected chi connectivity index (χ2v) is 15.8. The fourth-order valence-electron chi connectivity index (χ4n) is 9.07. The lowest BCUT2D eigenvalue weighted by Crippen LogP contribution is -2.30. The highest BCUT2D eigenvalue weighted by Gasteiger charge is 2.37. The zero-order valence-corrected chi connectivity index (χ0v) is 32.8. The summed E-state index contributed by atoms with van der Waals surface area (Å²) in [4.78, 5) is 14.8. The molecule has 10 aromatic rings. The third kappa shape index (κ3) is 5.22. The number of anilines is 6. The molecule has 8 aromatic carbocycles. The van der Waals surface area contributed by atoms with Gasteiger partial charge in [-0.2, -0.15) is 0 Å². The molecule has 4 heterocycles. The van der Waals surface area contributed by atoms with Crippen molar-refractivity contribution in [2.45, 2.75) is 19.3 Å². The molecule has 2 aliphatic heterocycles. The fraction of sp³-hybridized carbons (Fsp3) is 0.0566. The van der Waals surface area contributed by atoms with E-state index >= 15 is 0 Å². The van der Waals surface area contributed by atoms with Crippen molar-refractivity contribution in [1.82, 2.24) is 9.97 Å². The van der Waals surface area contributed by atoms with Gasteiger partial charge in [0.1, 0.15) is 11.0 Å². The maximum absolute atomic E-state index is 6.63. The third-order valence-corrected chi connectivity index (χ3v) is 11.9. The van der Waals surface area contributed by atoms with Gasteiger partial charge in [0.2, 0.25) is 11.8 Å². The topological polar surface area (TPSA) is 67.8 Å². The highest BCUT2D eigenvalue weighted by Crippen LogP contribution is 2.54. The largest absolute Gasteiger partial charge is 0.453 e. The molecule has 0 bridgehead atoms. The van der Waals surface area contributed by atoms with Gasteiger partial charge in [-0.15, -0.1) is 0 Å². The highest BCUT2D eigenvalue weighted by atomic mass is 16.5. The third-order valence-electron chi connectivity index (χ3n) is 11.9. The molecule has 0 spiro atoms. The van der Waals surface area contributed by atoms with E-state index in [1.807, 2.05) is 84.9 Å². The minimum absolute atomic E-state index is 0.190. The van der Waals surface area contributed by atoms with Crippen LogP contribution in [0, 0.1) is 0 Å². The Morgan fingerprint density at radius 2 is 0.800 bits per heavy atom. The van der Waals surface area contributed by atoms with E-state index in [4.69, 9.17) is 23.5 Å². The van der Waals surface area contributed by atoms with Gasteiger partial charge in [0, 0.05) is 27.9 Å². The Morgan fingerprint density at radius 3 is 1.28 bits per heavy atom. The molecule has 0 radical (unpaired) electrons. The van der Waals surface area contributed by atoms with Crippen LogP contribution in [0.4, 0.5) is 34.1 Å². The Bertz CT molecular complexity index is 3160. The number of nitrogens with zero attached hydrogens (tertiary/aromatic N) is 4. The minimum atomic E-state index is -0.190. The molecule has 286 valence electrons. The quantitative estimate of drug-likeness (QED) is 0.172. The SMILES string of the molecule is CC1(C)c2ccccc2N(c2ccc(-c3ccc(N4c5ccccc5Oc5ccccc54)cc3-c3nc4ccccc4o3)c(-c3nc4ccccc4o3)c2)c2ccccc21. The molecule has 2 aromatic heterocycles. The van der Waals surface area contributed by atoms with Crippen LogP contribution in [0.3, 0.4) is 0 Å². The summed E-state index contributed by atoms with van der Waals surface area (Å²) in [6, 6.07) is 62.5. The van der Waals surface area contributed by atoms with Crippen molar-refractivity contribution in [2.24, 2.45) is 0 Å². The van der Waals surface area contributed by atoms with Gasteiger partial charge in [0.25, 0.3) is 0 Å². The average molecular weight is 777 g/mol. The van der Waals surface area contributed by atoms with Crippen molar-refractivity contribution in [2.75, 3.05) is 9.80 Å². The van der Waals surface area contributed by atoms with Crippen LogP contribution in [0.5, 0.6) is 11.5 Å². The van der Waals surface area contributed by atoms with Crippen LogP contribution in [-0.4, -0.2) is 9.97 Å². The van der Waals surface area contributed by atoms with Crippen LogP contribution in [0.15, 0.2) is 191 Å². The summed E-state index contributed by atoms with van der Waals surface area (Å²) in [6.07, 6.45) is 0. The Balaban J connectivity index is 1.11. The van der Waals surface area contributed by atoms with Gasteiger partial charge >= 0.3 is 0 Å². The van der Waals surface area contributed by atoms with Gasteiger partial charge in [-0.1, -0.05) is 111 Å². The van der Waals surface area contributed by atoms with E-state index in [2.05, 4.69) is 121 Å². The van der Waals surface area contributed by atoms with E-state index in [-0.39, 0.29) is 5.41 Å². The maximum atomic E-state index is 6.63. The molecule has 0 unspecified atom stereocenters. The Morgan fingerprint density at radius 1 is 0.400 bits per heavy atom. The summed E-state index contributed by atoms with van der Waals surface area (Å²) < 4.78 is 19.6. The van der Waals surface area contributed by atoms with Gasteiger partial charge in [-0.25, -0.2) is 9.97 Å². The highest BCUT2D eigenvalue weighted by molar-refractivity contribution is 5.97. The van der Waals surface area contributed by atoms with Gasteiger partial charge in [-0.3, -0.25) is 0 Å². The first-order valence-corrected chi connectivity index (χ1v) is 20.2. The van der Waals surface area contributed by atoms with Gasteiger partial charge < -0.3 is 23.4 Å². The number of para-hydroxylation sites is 10. The number of hydrogen-bond donors (Lipinski definition) is 0. The first-order chi connectivity index (χ1) is 29.5. The molecule has 7 heteroatoms. The maximum Gasteiger partial charge on any atom is 0.228 e. The van der Waals surface area contributed by atoms with Crippen molar-refractivity contribution in [3.05, 3.63) is 193 Å². The lowest BCUT2D eigenvalue weighted by molar-refractivity contribution is 0.477. The summed E-state index contributed by atoms with van der Waals surface area (Å²) >= 11 is 0. The predicted molar refractivity (Wildman–Crippen MR) is 239 cm³/mol. The van der Waals surface area contributed by atoms with Crippen LogP contribution >= 0.6 is 0 Å². The van der Waals surface area contributed by atoms with Crippen molar-refractivity contribution in [3.8, 4) is 45.5 Å². The lowest BCUT2D eigenvalue weighted by Gasteiger charge is -2.42. The molecule has 0 fully saturated rings. The second-order valence-electron chi connectivity index (χ2n) is 15.8. The molecule has 60 heavy (non-hydrogen) atoms. The summed E-state index contributed by atoms with van der Waals surface area (Å²) in [5, 5.41) is 0. The first kappa shape index (κ1) is 34.2. The molecular weight excluding hydrogens is 741 g/mol. The first-order valence-electron chi connectivity index (χ1n) is 20.2. The molecule has 2 aliphatic rings. The van der Waals surface area contributed by atoms with Crippen LogP contribution in [0.25, 0.3) is 56.2 Å². The number of hydrogen-bond acceptors (Lipinski definition) is 7. The molecule has 7 nitrogen and oxygen atoms in total. The van der Waals surface area contributed by atoms with E-state index in [0.29, 0.717) is 17.4 Å². The van der Waals surface area contributed by atoms with Crippen LogP contribution < -0.4 is 14.5 Å². The number of aromatic nitrogens is 2. The van der Waals surface area contributed by atoms with E-state index in [9.17, 15) is 0 Å². The van der Waals surface area contributed by atoms with Crippen LogP contribution in [0.1, 0.15) is 25.0 Å². The number of ether oxygens (including phenoxy) is 1. The summed E-state index contributed by atoms with van der Waals surface area (Å²) in [7, 11) is 0. The predicted octanol–water partition coefficient (Wildman–Crippen LogP) is 14.7. The van der Waals surface area contributed by atoms with E-state index in [1.54, 1.807) is 0 Å². The Hall–Kier alpha value is -7.90. The lowest BCUT2D eigenvalue weighted by atomic mass is 9.73. The van der Waals surface area contributed by atoms with Crippen molar-refractivity contribution in [1.29, 1.82) is 0 Å². The number of benzene rings is 8. The fourth-order valence-corrected chi connectivity index (χ4v) is 9.07. The van der Waals surface area contributed by atoms with Gasteiger partial charge in [0.15, 0.2) is 22.7 Å². The molecular formula is C53H36N4O3. The molecule has 0 N–H and O–H groups in total. The minimum Gasteiger partial charge on any atom is -0.453 e. The van der Waals surface area contributed by atoms with Crippen LogP contribution in [0.2, 0.25) is 0 Å². The molecule has 0 atom stereocenters. The summed E-state index contributed by atoms with van der Waals surface area (Å²) in [5.41, 5.74) is 14.9. The smallest absolute Gasteiger partial charge is 0.228 e. The number of rotatable bonds is 5. The molecule has 0 aliphatic carbocycles. The van der Waals surface area contributed by atoms with E-state index < -0.39 is 0 Å². The zero-order valence-electron chi connectivity index (χ0n) is 32.8. The summed E-state index contributed by atoms with van der Waals surface area (Å²) in [6.45, 7) is 4.61. The Kier molecular flexibility index (Phi) is 7.44. The molecule has 0 saturated carbocycles. The normalized spacial score (nSPS) is 13.7. The van der Waals surface area contributed by atoms with Crippen molar-refractivity contribution < 1.29 is 13.6 Å². The van der Waals surface area contributed by atoms with Gasteiger partial charge in [0.05, 0.1) is 22.7 Å². The number of fused-ring (bicyclic) bond motifs is 6. The van der Waals surface area contributed by atoms with Crippen LogP contribution in [-0.2, 0) is 5.41 Å². The monoisotopic (exact) mass is 776 g/mol. The van der Waals surface area contributed by atoms with E-state index in [0.717, 1.165) is 84.5 Å². The zero-order chi connectivity index (χ0) is 40.0. The molecule has 12 rings (SSSR count). The molecule has 0 amide bonds. The second kappa shape index (κ2) is 13.1. The van der Waals surface area contributed by atoms with Crippen molar-refractivity contribution in [3.63, 3.8) is 0 Å². The standard InChI is InChI=1S/C53H36N4O3/c1-53(2)39-15-3-7-19-43(39)56(44-20-8-4-16-40(44)53)33-27-29-35(37(31-33)51-54-41-17-5-11-23-47(41)59-51)36-30-28-34(32-38(36)52-55-42-18-6-12-24-48(42)60-52)57-45-21-9-13-25-49(45)58-50-26-14-10-22-46(50)57/h3-32H,1-2H3. The summed E-state index contributed by atoms with van der Waals surface area (Å²) in [5.74, 6) is 2.59. The number of oxazole rings is 2. The average Bonchev–Trinajstić information content (AvgIpc) is 3.94. The van der Waals surface area contributed by atoms with Gasteiger partial charge in [-0.05, 0) is 107 Å². The van der Waals surface area contributed by atoms with Crippen molar-refractivity contribution >= 4 is 56.3 Å². The Labute approximate surface area is 346 Å². The van der Waals surface area contributed by atoms with E-state index in [1.165, 1.54) is 11.1 Å².